The molecule has 1 aliphatic carbocycles. The fourth-order valence-corrected chi connectivity index (χ4v) is 8.93. The summed E-state index contributed by atoms with van der Waals surface area (Å²) in [4.78, 5) is 32.4. The van der Waals surface area contributed by atoms with Crippen LogP contribution < -0.4 is 15.0 Å². The molecule has 4 aromatic carbocycles. The van der Waals surface area contributed by atoms with Gasteiger partial charge in [-0.3, -0.25) is 14.5 Å². The van der Waals surface area contributed by atoms with Gasteiger partial charge < -0.3 is 25.0 Å². The van der Waals surface area contributed by atoms with Crippen LogP contribution in [0.15, 0.2) is 97.2 Å². The van der Waals surface area contributed by atoms with Crippen LogP contribution in [0.5, 0.6) is 11.5 Å². The number of nitrogens with one attached hydrogen (secondary N) is 1. The minimum Gasteiger partial charge on any atom is -0.505 e. The highest BCUT2D eigenvalue weighted by molar-refractivity contribution is 6.01. The van der Waals surface area contributed by atoms with E-state index in [0.29, 0.717) is 31.6 Å². The number of rotatable bonds is 11. The van der Waals surface area contributed by atoms with E-state index in [-0.39, 0.29) is 29.4 Å². The fraction of sp³-hybridized carbons (Fsp3) is 0.378. The molecule has 0 bridgehead atoms. The number of hydrogen-bond acceptors (Lipinski definition) is 6. The van der Waals surface area contributed by atoms with Crippen molar-refractivity contribution in [3.8, 4) is 11.5 Å². The minimum absolute atomic E-state index is 0.00835. The highest BCUT2D eigenvalue weighted by Crippen LogP contribution is 2.47. The van der Waals surface area contributed by atoms with Crippen molar-refractivity contribution in [2.45, 2.75) is 69.4 Å². The number of amides is 2. The van der Waals surface area contributed by atoms with Gasteiger partial charge in [0.1, 0.15) is 11.8 Å². The fourth-order valence-electron chi connectivity index (χ4n) is 8.93. The summed E-state index contributed by atoms with van der Waals surface area (Å²) in [6.45, 7) is 9.95. The molecular formula is C45H49FN4O4. The van der Waals surface area contributed by atoms with E-state index >= 15 is 0 Å². The second kappa shape index (κ2) is 15.7. The van der Waals surface area contributed by atoms with E-state index in [1.54, 1.807) is 11.0 Å². The van der Waals surface area contributed by atoms with Gasteiger partial charge in [0.2, 0.25) is 5.91 Å². The third kappa shape index (κ3) is 7.47. The molecule has 3 aliphatic heterocycles. The predicted molar refractivity (Wildman–Crippen MR) is 208 cm³/mol. The number of nitrogens with zero attached hydrogens (tertiary/aromatic N) is 3. The van der Waals surface area contributed by atoms with Crippen LogP contribution in [0.2, 0.25) is 0 Å². The predicted octanol–water partition coefficient (Wildman–Crippen LogP) is 7.51. The van der Waals surface area contributed by atoms with Crippen LogP contribution in [0, 0.1) is 5.82 Å². The number of aromatic hydroxyl groups is 1. The molecule has 54 heavy (non-hydrogen) atoms. The standard InChI is InChI=1S/C45H49FN4O4/c1-30-10-19-41(44(52)47-30)50-29-34-26-35(14-18-38(34)45(50)53)49-23-21-48(22-24-49)20-6-3-7-25-54-36-15-11-32(12-16-36)43-37(31-8-4-2-5-9-31)17-13-33-27-42(51)40(46)28-39(33)43/h2,4-5,8-9,11-12,14-16,18,26-28,37,41,43,51H,1,3,6-7,10,13,17,19-25,29H2,(H,47,52)/t37-,41?,43+/m0/s1. The summed E-state index contributed by atoms with van der Waals surface area (Å²) in [7, 11) is 0. The molecule has 2 N–H and O–H groups in total. The van der Waals surface area contributed by atoms with Crippen LogP contribution in [0.4, 0.5) is 10.1 Å². The smallest absolute Gasteiger partial charge is 0.255 e. The number of piperazine rings is 1. The van der Waals surface area contributed by atoms with Gasteiger partial charge >= 0.3 is 0 Å². The Balaban J connectivity index is 0.781. The first-order chi connectivity index (χ1) is 26.3. The summed E-state index contributed by atoms with van der Waals surface area (Å²) >= 11 is 0. The number of phenols is 1. The number of carbonyl (C=O) groups is 2. The number of halogens is 1. The van der Waals surface area contributed by atoms with Gasteiger partial charge in [-0.15, -0.1) is 0 Å². The highest BCUT2D eigenvalue weighted by atomic mass is 19.1. The zero-order valence-electron chi connectivity index (χ0n) is 30.8. The van der Waals surface area contributed by atoms with E-state index in [9.17, 15) is 19.1 Å². The van der Waals surface area contributed by atoms with E-state index in [0.717, 1.165) is 104 Å². The molecular weight excluding hydrogens is 680 g/mol. The van der Waals surface area contributed by atoms with Gasteiger partial charge in [-0.25, -0.2) is 4.39 Å². The zero-order chi connectivity index (χ0) is 37.2. The van der Waals surface area contributed by atoms with Crippen LogP contribution >= 0.6 is 0 Å². The molecule has 1 unspecified atom stereocenters. The molecule has 4 aliphatic rings. The van der Waals surface area contributed by atoms with Gasteiger partial charge in [-0.05, 0) is 128 Å². The number of anilines is 1. The minimum atomic E-state index is -0.572. The normalized spacial score (nSPS) is 21.5. The monoisotopic (exact) mass is 728 g/mol. The van der Waals surface area contributed by atoms with Crippen molar-refractivity contribution in [1.29, 1.82) is 0 Å². The number of hydrogen-bond donors (Lipinski definition) is 2. The molecule has 0 radical (unpaired) electrons. The second-order valence-electron chi connectivity index (χ2n) is 15.3. The third-order valence-corrected chi connectivity index (χ3v) is 11.9. The summed E-state index contributed by atoms with van der Waals surface area (Å²) in [6, 6.07) is 27.6. The Morgan fingerprint density at radius 2 is 1.63 bits per heavy atom. The molecule has 8 nitrogen and oxygen atoms in total. The molecule has 2 amide bonds. The number of aryl methyl sites for hydroxylation is 1. The molecule has 9 heteroatoms. The van der Waals surface area contributed by atoms with E-state index in [1.165, 1.54) is 11.6 Å². The van der Waals surface area contributed by atoms with Crippen molar-refractivity contribution in [2.75, 3.05) is 44.2 Å². The quantitative estimate of drug-likeness (QED) is 0.156. The summed E-state index contributed by atoms with van der Waals surface area (Å²) in [5.41, 5.74) is 7.90. The van der Waals surface area contributed by atoms with Gasteiger partial charge in [0, 0.05) is 55.6 Å². The first-order valence-corrected chi connectivity index (χ1v) is 19.5. The Kier molecular flexibility index (Phi) is 10.4. The Morgan fingerprint density at radius 1 is 0.833 bits per heavy atom. The lowest BCUT2D eigenvalue weighted by Crippen LogP contribution is -2.49. The first kappa shape index (κ1) is 35.9. The number of phenolic OH excluding ortho intramolecular Hbond substituents is 1. The van der Waals surface area contributed by atoms with Gasteiger partial charge in [0.15, 0.2) is 11.6 Å². The number of allylic oxidation sites excluding steroid dienone is 1. The van der Waals surface area contributed by atoms with Crippen molar-refractivity contribution in [1.82, 2.24) is 15.1 Å². The summed E-state index contributed by atoms with van der Waals surface area (Å²) < 4.78 is 20.8. The zero-order valence-corrected chi connectivity index (χ0v) is 30.8. The molecule has 280 valence electrons. The number of unbranched alkanes of at least 4 members (excludes halogenated alkanes) is 2. The molecule has 3 heterocycles. The van der Waals surface area contributed by atoms with Crippen LogP contribution in [0.1, 0.15) is 88.5 Å². The van der Waals surface area contributed by atoms with Crippen LogP contribution in [0.25, 0.3) is 0 Å². The summed E-state index contributed by atoms with van der Waals surface area (Å²) in [6.07, 6.45) is 6.24. The summed E-state index contributed by atoms with van der Waals surface area (Å²) in [5.74, 6) is 0.00597. The molecule has 8 rings (SSSR count). The lowest BCUT2D eigenvalue weighted by molar-refractivity contribution is -0.126. The topological polar surface area (TPSA) is 85.4 Å². The average molecular weight is 729 g/mol. The number of ether oxygens (including phenoxy) is 1. The molecule has 3 atom stereocenters. The summed E-state index contributed by atoms with van der Waals surface area (Å²) in [5, 5.41) is 12.9. The molecule has 2 fully saturated rings. The van der Waals surface area contributed by atoms with Gasteiger partial charge in [0.25, 0.3) is 5.91 Å². The third-order valence-electron chi connectivity index (χ3n) is 11.9. The van der Waals surface area contributed by atoms with Crippen molar-refractivity contribution >= 4 is 17.5 Å². The second-order valence-corrected chi connectivity index (χ2v) is 15.3. The van der Waals surface area contributed by atoms with Gasteiger partial charge in [-0.1, -0.05) is 49.0 Å². The number of fused-ring (bicyclic) bond motifs is 2. The van der Waals surface area contributed by atoms with E-state index in [4.69, 9.17) is 4.74 Å². The van der Waals surface area contributed by atoms with Crippen molar-refractivity contribution < 1.29 is 23.8 Å². The Hall–Kier alpha value is -5.15. The number of benzene rings is 4. The van der Waals surface area contributed by atoms with E-state index in [1.807, 2.05) is 24.3 Å². The van der Waals surface area contributed by atoms with E-state index < -0.39 is 11.9 Å². The molecule has 0 saturated carbocycles. The lowest BCUT2D eigenvalue weighted by Gasteiger charge is -2.36. The Morgan fingerprint density at radius 3 is 2.41 bits per heavy atom. The SMILES string of the molecule is C=C1CCC(N2Cc3cc(N4CCN(CCCCCOc5ccc([C@H]6c7cc(F)c(O)cc7CC[C@H]6c6ccccc6)cc5)CC4)ccc3C2=O)C(=O)N1. The lowest BCUT2D eigenvalue weighted by atomic mass is 9.69. The van der Waals surface area contributed by atoms with E-state index in [2.05, 4.69) is 70.2 Å². The maximum Gasteiger partial charge on any atom is 0.255 e. The Labute approximate surface area is 317 Å². The van der Waals surface area contributed by atoms with Gasteiger partial charge in [-0.2, -0.15) is 0 Å². The Bertz CT molecular complexity index is 2010. The maximum absolute atomic E-state index is 14.6. The average Bonchev–Trinajstić information content (AvgIpc) is 3.52. The van der Waals surface area contributed by atoms with Crippen molar-refractivity contribution in [3.63, 3.8) is 0 Å². The molecule has 4 aromatic rings. The van der Waals surface area contributed by atoms with Crippen LogP contribution in [-0.2, 0) is 17.8 Å². The highest BCUT2D eigenvalue weighted by Gasteiger charge is 2.38. The number of piperidine rings is 1. The molecule has 2 saturated heterocycles. The largest absolute Gasteiger partial charge is 0.505 e. The first-order valence-electron chi connectivity index (χ1n) is 19.5. The number of carbonyl (C=O) groups excluding carboxylic acids is 2. The van der Waals surface area contributed by atoms with Crippen molar-refractivity contribution in [3.05, 3.63) is 136 Å². The van der Waals surface area contributed by atoms with Crippen LogP contribution in [-0.4, -0.2) is 72.1 Å². The molecule has 0 aromatic heterocycles. The van der Waals surface area contributed by atoms with Gasteiger partial charge in [0.05, 0.1) is 6.61 Å². The maximum atomic E-state index is 14.6. The molecule has 0 spiro atoms. The van der Waals surface area contributed by atoms with Crippen molar-refractivity contribution in [2.24, 2.45) is 0 Å². The van der Waals surface area contributed by atoms with Crippen LogP contribution in [0.3, 0.4) is 0 Å².